The first-order chi connectivity index (χ1) is 11.5. The Balaban J connectivity index is 1.72. The third kappa shape index (κ3) is 3.32. The smallest absolute Gasteiger partial charge is 0.315 e. The highest BCUT2D eigenvalue weighted by Gasteiger charge is 2.19. The molecule has 1 aliphatic heterocycles. The van der Waals surface area contributed by atoms with E-state index in [4.69, 9.17) is 9.47 Å². The van der Waals surface area contributed by atoms with E-state index < -0.39 is 10.9 Å². The second-order valence-electron chi connectivity index (χ2n) is 5.03. The summed E-state index contributed by atoms with van der Waals surface area (Å²) < 4.78 is 10.4. The van der Waals surface area contributed by atoms with Crippen LogP contribution >= 0.6 is 0 Å². The van der Waals surface area contributed by atoms with Crippen molar-refractivity contribution in [3.63, 3.8) is 0 Å². The summed E-state index contributed by atoms with van der Waals surface area (Å²) in [5.41, 5.74) is 0.629. The Hall–Kier alpha value is -3.42. The van der Waals surface area contributed by atoms with Crippen LogP contribution in [0.25, 0.3) is 0 Å². The molecule has 1 N–H and O–H groups in total. The number of hydrogen-bond donors (Lipinski definition) is 1. The zero-order valence-electron chi connectivity index (χ0n) is 12.4. The van der Waals surface area contributed by atoms with Crippen LogP contribution in [-0.4, -0.2) is 23.4 Å². The van der Waals surface area contributed by atoms with Crippen molar-refractivity contribution in [1.82, 2.24) is 0 Å². The standard InChI is InChI=1S/C16H12N2O6/c19-15-9-23-14-8-11(5-6-12(14)17-15)24-16(20)7-10-3-1-2-4-13(10)18(21)22/h1-6,8H,7,9H2,(H,17,19). The lowest BCUT2D eigenvalue weighted by Crippen LogP contribution is -2.25. The van der Waals surface area contributed by atoms with Gasteiger partial charge in [-0.25, -0.2) is 0 Å². The van der Waals surface area contributed by atoms with Gasteiger partial charge in [0.2, 0.25) is 0 Å². The van der Waals surface area contributed by atoms with Crippen LogP contribution in [0.3, 0.4) is 0 Å². The number of nitrogens with one attached hydrogen (secondary N) is 1. The number of nitrogens with zero attached hydrogens (tertiary/aromatic N) is 1. The van der Waals surface area contributed by atoms with E-state index in [0.717, 1.165) is 0 Å². The number of nitro benzene ring substituents is 1. The number of anilines is 1. The molecule has 24 heavy (non-hydrogen) atoms. The topological polar surface area (TPSA) is 108 Å². The van der Waals surface area contributed by atoms with Gasteiger partial charge in [0, 0.05) is 17.7 Å². The second kappa shape index (κ2) is 6.37. The summed E-state index contributed by atoms with van der Waals surface area (Å²) in [4.78, 5) is 33.6. The van der Waals surface area contributed by atoms with Crippen molar-refractivity contribution >= 4 is 23.3 Å². The first-order valence-electron chi connectivity index (χ1n) is 7.02. The second-order valence-corrected chi connectivity index (χ2v) is 5.03. The van der Waals surface area contributed by atoms with Crippen LogP contribution in [0.1, 0.15) is 5.56 Å². The largest absolute Gasteiger partial charge is 0.481 e. The SMILES string of the molecule is O=C1COc2cc(OC(=O)Cc3ccccc3[N+](=O)[O-])ccc2N1. The van der Waals surface area contributed by atoms with Gasteiger partial charge in [0.05, 0.1) is 17.0 Å². The summed E-state index contributed by atoms with van der Waals surface area (Å²) in [7, 11) is 0. The third-order valence-corrected chi connectivity index (χ3v) is 3.34. The summed E-state index contributed by atoms with van der Waals surface area (Å²) in [5.74, 6) is -0.271. The van der Waals surface area contributed by atoms with Crippen LogP contribution in [0, 0.1) is 10.1 Å². The molecule has 8 heteroatoms. The first kappa shape index (κ1) is 15.5. The molecule has 0 atom stereocenters. The van der Waals surface area contributed by atoms with Crippen LogP contribution in [0.5, 0.6) is 11.5 Å². The van der Waals surface area contributed by atoms with Crippen molar-refractivity contribution in [2.75, 3.05) is 11.9 Å². The number of para-hydroxylation sites is 1. The number of carbonyl (C=O) groups excluding carboxylic acids is 2. The summed E-state index contributed by atoms with van der Waals surface area (Å²) in [6.07, 6.45) is -0.230. The zero-order chi connectivity index (χ0) is 17.1. The molecule has 0 bridgehead atoms. The number of nitro groups is 1. The van der Waals surface area contributed by atoms with Gasteiger partial charge in [0.25, 0.3) is 11.6 Å². The molecular weight excluding hydrogens is 316 g/mol. The molecule has 8 nitrogen and oxygen atoms in total. The molecule has 122 valence electrons. The Morgan fingerprint density at radius 1 is 1.29 bits per heavy atom. The molecule has 0 saturated carbocycles. The highest BCUT2D eigenvalue weighted by atomic mass is 16.6. The molecular formula is C16H12N2O6. The van der Waals surface area contributed by atoms with Crippen molar-refractivity contribution in [2.45, 2.75) is 6.42 Å². The molecule has 3 rings (SSSR count). The minimum atomic E-state index is -0.635. The van der Waals surface area contributed by atoms with Gasteiger partial charge >= 0.3 is 5.97 Å². The monoisotopic (exact) mass is 328 g/mol. The van der Waals surface area contributed by atoms with E-state index in [1.165, 1.54) is 30.3 Å². The number of carbonyl (C=O) groups is 2. The number of benzene rings is 2. The zero-order valence-corrected chi connectivity index (χ0v) is 12.4. The van der Waals surface area contributed by atoms with Crippen molar-refractivity contribution in [3.05, 3.63) is 58.1 Å². The lowest BCUT2D eigenvalue weighted by molar-refractivity contribution is -0.385. The lowest BCUT2D eigenvalue weighted by Gasteiger charge is -2.18. The Kier molecular flexibility index (Phi) is 4.11. The third-order valence-electron chi connectivity index (χ3n) is 3.34. The number of ether oxygens (including phenoxy) is 2. The predicted molar refractivity (Wildman–Crippen MR) is 83.0 cm³/mol. The maximum absolute atomic E-state index is 12.0. The van der Waals surface area contributed by atoms with E-state index >= 15 is 0 Å². The Morgan fingerprint density at radius 2 is 2.08 bits per heavy atom. The predicted octanol–water partition coefficient (Wildman–Crippen LogP) is 2.07. The van der Waals surface area contributed by atoms with Gasteiger partial charge in [-0.1, -0.05) is 18.2 Å². The van der Waals surface area contributed by atoms with Crippen LogP contribution in [0.15, 0.2) is 42.5 Å². The van der Waals surface area contributed by atoms with Gasteiger partial charge in [-0.2, -0.15) is 0 Å². The Bertz CT molecular complexity index is 833. The van der Waals surface area contributed by atoms with Crippen molar-refractivity contribution in [1.29, 1.82) is 0 Å². The average Bonchev–Trinajstić information content (AvgIpc) is 2.55. The highest BCUT2D eigenvalue weighted by Crippen LogP contribution is 2.31. The average molecular weight is 328 g/mol. The number of hydrogen-bond acceptors (Lipinski definition) is 6. The van der Waals surface area contributed by atoms with Gasteiger partial charge in [-0.05, 0) is 12.1 Å². The van der Waals surface area contributed by atoms with Crippen molar-refractivity contribution in [3.8, 4) is 11.5 Å². The van der Waals surface area contributed by atoms with Gasteiger partial charge < -0.3 is 14.8 Å². The fraction of sp³-hybridized carbons (Fsp3) is 0.125. The Morgan fingerprint density at radius 3 is 2.88 bits per heavy atom. The summed E-state index contributed by atoms with van der Waals surface area (Å²) in [6.45, 7) is -0.111. The molecule has 0 fully saturated rings. The normalized spacial score (nSPS) is 12.6. The molecule has 0 unspecified atom stereocenters. The maximum Gasteiger partial charge on any atom is 0.315 e. The van der Waals surface area contributed by atoms with Gasteiger partial charge in [-0.15, -0.1) is 0 Å². The fourth-order valence-corrected chi connectivity index (χ4v) is 2.28. The molecule has 1 heterocycles. The molecule has 0 radical (unpaired) electrons. The van der Waals surface area contributed by atoms with Crippen molar-refractivity contribution in [2.24, 2.45) is 0 Å². The van der Waals surface area contributed by atoms with Gasteiger partial charge in [0.1, 0.15) is 11.5 Å². The molecule has 1 amide bonds. The van der Waals surface area contributed by atoms with E-state index in [1.54, 1.807) is 12.1 Å². The van der Waals surface area contributed by atoms with E-state index in [2.05, 4.69) is 5.32 Å². The Labute approximate surface area is 136 Å². The lowest BCUT2D eigenvalue weighted by atomic mass is 10.1. The molecule has 0 spiro atoms. The fourth-order valence-electron chi connectivity index (χ4n) is 2.28. The van der Waals surface area contributed by atoms with Crippen LogP contribution in [0.2, 0.25) is 0 Å². The number of rotatable bonds is 4. The highest BCUT2D eigenvalue weighted by molar-refractivity contribution is 5.95. The number of esters is 1. The molecule has 2 aromatic rings. The number of fused-ring (bicyclic) bond motifs is 1. The van der Waals surface area contributed by atoms with E-state index in [1.807, 2.05) is 0 Å². The van der Waals surface area contributed by atoms with Crippen molar-refractivity contribution < 1.29 is 24.0 Å². The van der Waals surface area contributed by atoms with E-state index in [9.17, 15) is 19.7 Å². The molecule has 1 aliphatic rings. The number of amides is 1. The molecule has 2 aromatic carbocycles. The van der Waals surface area contributed by atoms with Gasteiger partial charge in [-0.3, -0.25) is 19.7 Å². The first-order valence-corrected chi connectivity index (χ1v) is 7.02. The molecule has 0 saturated heterocycles. The summed E-state index contributed by atoms with van der Waals surface area (Å²) in [5, 5.41) is 13.6. The van der Waals surface area contributed by atoms with E-state index in [0.29, 0.717) is 11.4 Å². The molecule has 0 aromatic heterocycles. The molecule has 0 aliphatic carbocycles. The van der Waals surface area contributed by atoms with Crippen LogP contribution in [0.4, 0.5) is 11.4 Å². The summed E-state index contributed by atoms with van der Waals surface area (Å²) in [6, 6.07) is 10.5. The minimum absolute atomic E-state index is 0.111. The quantitative estimate of drug-likeness (QED) is 0.398. The maximum atomic E-state index is 12.0. The summed E-state index contributed by atoms with van der Waals surface area (Å²) >= 11 is 0. The minimum Gasteiger partial charge on any atom is -0.481 e. The van der Waals surface area contributed by atoms with E-state index in [-0.39, 0.29) is 35.9 Å². The van der Waals surface area contributed by atoms with Gasteiger partial charge in [0.15, 0.2) is 6.61 Å². The van der Waals surface area contributed by atoms with Crippen LogP contribution < -0.4 is 14.8 Å². The van der Waals surface area contributed by atoms with Crippen LogP contribution in [-0.2, 0) is 16.0 Å².